The van der Waals surface area contributed by atoms with Crippen LogP contribution in [0.4, 0.5) is 23.0 Å². The van der Waals surface area contributed by atoms with Crippen LogP contribution < -0.4 is 10.2 Å². The summed E-state index contributed by atoms with van der Waals surface area (Å²) in [6.45, 7) is 2.94. The predicted octanol–water partition coefficient (Wildman–Crippen LogP) is 3.56. The zero-order valence-electron chi connectivity index (χ0n) is 15.3. The smallest absolute Gasteiger partial charge is 0.353 e. The summed E-state index contributed by atoms with van der Waals surface area (Å²) in [5.41, 5.74) is 0.377. The number of nitrogens with one attached hydrogen (secondary N) is 1. The molecule has 3 rings (SSSR count). The Hall–Kier alpha value is -2.94. The Kier molecular flexibility index (Phi) is 6.25. The molecule has 0 saturated carbocycles. The zero-order chi connectivity index (χ0) is 20.1. The highest BCUT2D eigenvalue weighted by Gasteiger charge is 2.33. The van der Waals surface area contributed by atoms with E-state index in [0.717, 1.165) is 0 Å². The van der Waals surface area contributed by atoms with Crippen LogP contribution in [-0.2, 0) is 9.53 Å². The highest BCUT2D eigenvalue weighted by molar-refractivity contribution is 6.30. The van der Waals surface area contributed by atoms with Crippen LogP contribution in [0.1, 0.15) is 19.8 Å². The lowest BCUT2D eigenvalue weighted by molar-refractivity contribution is -0.383. The summed E-state index contributed by atoms with van der Waals surface area (Å²) in [4.78, 5) is 33.3. The van der Waals surface area contributed by atoms with Crippen LogP contribution >= 0.6 is 11.6 Å². The van der Waals surface area contributed by atoms with E-state index in [4.69, 9.17) is 16.3 Å². The highest BCUT2D eigenvalue weighted by atomic mass is 35.5. The van der Waals surface area contributed by atoms with Crippen molar-refractivity contribution in [3.05, 3.63) is 45.7 Å². The van der Waals surface area contributed by atoms with Gasteiger partial charge in [0.25, 0.3) is 0 Å². The minimum atomic E-state index is -0.512. The third kappa shape index (κ3) is 4.48. The normalized spacial score (nSPS) is 16.5. The van der Waals surface area contributed by atoms with Gasteiger partial charge < -0.3 is 15.0 Å². The van der Waals surface area contributed by atoms with Crippen molar-refractivity contribution in [2.24, 2.45) is 5.92 Å². The van der Waals surface area contributed by atoms with Crippen LogP contribution in [0, 0.1) is 16.0 Å². The van der Waals surface area contributed by atoms with Gasteiger partial charge in [0.05, 0.1) is 17.4 Å². The van der Waals surface area contributed by atoms with Crippen molar-refractivity contribution in [2.45, 2.75) is 19.8 Å². The fraction of sp³-hybridized carbons (Fsp3) is 0.389. The molecule has 0 bridgehead atoms. The maximum Gasteiger partial charge on any atom is 0.353 e. The topological polar surface area (TPSA) is 110 Å². The molecule has 10 heteroatoms. The van der Waals surface area contributed by atoms with Crippen LogP contribution in [0.25, 0.3) is 0 Å². The number of esters is 1. The van der Waals surface area contributed by atoms with Gasteiger partial charge in [-0.15, -0.1) is 0 Å². The van der Waals surface area contributed by atoms with Crippen molar-refractivity contribution >= 4 is 40.6 Å². The Bertz CT molecular complexity index is 862. The molecule has 28 heavy (non-hydrogen) atoms. The number of carbonyl (C=O) groups is 1. The van der Waals surface area contributed by atoms with Crippen LogP contribution in [0.5, 0.6) is 0 Å². The van der Waals surface area contributed by atoms with E-state index < -0.39 is 4.92 Å². The van der Waals surface area contributed by atoms with Crippen molar-refractivity contribution in [1.82, 2.24) is 9.97 Å². The third-order valence-corrected chi connectivity index (χ3v) is 4.69. The maximum atomic E-state index is 12.1. The Morgan fingerprint density at radius 3 is 2.82 bits per heavy atom. The molecule has 1 saturated heterocycles. The average molecular weight is 406 g/mol. The van der Waals surface area contributed by atoms with E-state index >= 15 is 0 Å². The lowest BCUT2D eigenvalue weighted by Gasteiger charge is -2.32. The minimum Gasteiger partial charge on any atom is -0.466 e. The first-order valence-corrected chi connectivity index (χ1v) is 9.31. The van der Waals surface area contributed by atoms with Gasteiger partial charge in [-0.3, -0.25) is 14.9 Å². The zero-order valence-corrected chi connectivity index (χ0v) is 16.1. The van der Waals surface area contributed by atoms with E-state index in [-0.39, 0.29) is 29.2 Å². The molecule has 2 aromatic rings. The molecule has 0 radical (unpaired) electrons. The lowest BCUT2D eigenvalue weighted by Crippen LogP contribution is -2.40. The number of halogens is 1. The standard InChI is InChI=1S/C18H20ClN5O4/c1-2-28-18(25)12-4-3-9-23(10-12)17-15(24(26)27)16(20-11-21-17)22-14-7-5-13(19)6-8-14/h5-8,11-12H,2-4,9-10H2,1H3,(H,20,21,22). The van der Waals surface area contributed by atoms with Crippen molar-refractivity contribution in [1.29, 1.82) is 0 Å². The molecule has 1 N–H and O–H groups in total. The summed E-state index contributed by atoms with van der Waals surface area (Å²) < 4.78 is 5.10. The molecule has 9 nitrogen and oxygen atoms in total. The number of carbonyl (C=O) groups excluding carboxylic acids is 1. The molecule has 0 aliphatic carbocycles. The van der Waals surface area contributed by atoms with Gasteiger partial charge in [-0.1, -0.05) is 11.6 Å². The van der Waals surface area contributed by atoms with Gasteiger partial charge in [-0.05, 0) is 44.0 Å². The van der Waals surface area contributed by atoms with Gasteiger partial charge in [0, 0.05) is 23.8 Å². The summed E-state index contributed by atoms with van der Waals surface area (Å²) >= 11 is 5.88. The number of ether oxygens (including phenoxy) is 1. The molecule has 1 aliphatic heterocycles. The van der Waals surface area contributed by atoms with E-state index in [0.29, 0.717) is 43.2 Å². The third-order valence-electron chi connectivity index (χ3n) is 4.43. The molecule has 148 valence electrons. The van der Waals surface area contributed by atoms with Crippen LogP contribution in [0.15, 0.2) is 30.6 Å². The van der Waals surface area contributed by atoms with Gasteiger partial charge in [0.2, 0.25) is 11.6 Å². The summed E-state index contributed by atoms with van der Waals surface area (Å²) in [6.07, 6.45) is 2.67. The molecule has 1 aromatic carbocycles. The number of hydrogen-bond acceptors (Lipinski definition) is 8. The SMILES string of the molecule is CCOC(=O)C1CCCN(c2ncnc(Nc3ccc(Cl)cc3)c2[N+](=O)[O-])C1. The fourth-order valence-electron chi connectivity index (χ4n) is 3.15. The van der Waals surface area contributed by atoms with E-state index in [2.05, 4.69) is 15.3 Å². The Balaban J connectivity index is 1.89. The highest BCUT2D eigenvalue weighted by Crippen LogP contribution is 2.35. The van der Waals surface area contributed by atoms with Crippen molar-refractivity contribution in [3.8, 4) is 0 Å². The molecule has 2 heterocycles. The number of anilines is 3. The molecule has 0 spiro atoms. The maximum absolute atomic E-state index is 12.1. The largest absolute Gasteiger partial charge is 0.466 e. The second kappa shape index (κ2) is 8.83. The first-order valence-electron chi connectivity index (χ1n) is 8.93. The summed E-state index contributed by atoms with van der Waals surface area (Å²) in [5.74, 6) is -0.361. The fourth-order valence-corrected chi connectivity index (χ4v) is 3.28. The first kappa shape index (κ1) is 19.8. The van der Waals surface area contributed by atoms with Gasteiger partial charge >= 0.3 is 11.7 Å². The predicted molar refractivity (Wildman–Crippen MR) is 105 cm³/mol. The minimum absolute atomic E-state index is 0.0792. The van der Waals surface area contributed by atoms with Crippen molar-refractivity contribution < 1.29 is 14.5 Å². The first-order chi connectivity index (χ1) is 13.5. The Labute approximate surface area is 166 Å². The number of rotatable bonds is 6. The summed E-state index contributed by atoms with van der Waals surface area (Å²) in [7, 11) is 0. The van der Waals surface area contributed by atoms with Gasteiger partial charge in [-0.25, -0.2) is 9.97 Å². The number of nitrogens with zero attached hydrogens (tertiary/aromatic N) is 4. The van der Waals surface area contributed by atoms with E-state index in [1.807, 2.05) is 0 Å². The quantitative estimate of drug-likeness (QED) is 0.441. The molecule has 1 unspecified atom stereocenters. The molecule has 0 amide bonds. The van der Waals surface area contributed by atoms with E-state index in [1.54, 1.807) is 36.1 Å². The second-order valence-corrected chi connectivity index (χ2v) is 6.76. The summed E-state index contributed by atoms with van der Waals surface area (Å²) in [5, 5.41) is 15.3. The van der Waals surface area contributed by atoms with Gasteiger partial charge in [0.1, 0.15) is 6.33 Å². The van der Waals surface area contributed by atoms with Crippen LogP contribution in [0.3, 0.4) is 0 Å². The number of piperidine rings is 1. The lowest BCUT2D eigenvalue weighted by atomic mass is 9.98. The Morgan fingerprint density at radius 2 is 2.14 bits per heavy atom. The van der Waals surface area contributed by atoms with Gasteiger partial charge in [-0.2, -0.15) is 0 Å². The number of aromatic nitrogens is 2. The van der Waals surface area contributed by atoms with Gasteiger partial charge in [0.15, 0.2) is 0 Å². The molecule has 1 aliphatic rings. The molecule has 1 fully saturated rings. The second-order valence-electron chi connectivity index (χ2n) is 6.32. The number of hydrogen-bond donors (Lipinski definition) is 1. The van der Waals surface area contributed by atoms with Crippen molar-refractivity contribution in [2.75, 3.05) is 29.9 Å². The number of nitro groups is 1. The monoisotopic (exact) mass is 405 g/mol. The van der Waals surface area contributed by atoms with Crippen LogP contribution in [0.2, 0.25) is 5.02 Å². The summed E-state index contributed by atoms with van der Waals surface area (Å²) in [6, 6.07) is 6.75. The average Bonchev–Trinajstić information content (AvgIpc) is 2.69. The van der Waals surface area contributed by atoms with E-state index in [9.17, 15) is 14.9 Å². The molecular formula is C18H20ClN5O4. The number of benzene rings is 1. The molecule has 1 atom stereocenters. The molecular weight excluding hydrogens is 386 g/mol. The Morgan fingerprint density at radius 1 is 1.39 bits per heavy atom. The van der Waals surface area contributed by atoms with Crippen LogP contribution in [-0.4, -0.2) is 40.6 Å². The van der Waals surface area contributed by atoms with E-state index in [1.165, 1.54) is 6.33 Å². The molecule has 1 aromatic heterocycles. The van der Waals surface area contributed by atoms with Crippen molar-refractivity contribution in [3.63, 3.8) is 0 Å².